The van der Waals surface area contributed by atoms with Crippen LogP contribution in [0, 0.1) is 5.92 Å². The highest BCUT2D eigenvalue weighted by molar-refractivity contribution is 5.30. The van der Waals surface area contributed by atoms with Crippen LogP contribution in [0.1, 0.15) is 29.5 Å². The highest BCUT2D eigenvalue weighted by Crippen LogP contribution is 2.32. The van der Waals surface area contributed by atoms with Crippen LogP contribution in [0.15, 0.2) is 48.8 Å². The first kappa shape index (κ1) is 13.0. The van der Waals surface area contributed by atoms with E-state index in [1.807, 2.05) is 18.5 Å². The van der Waals surface area contributed by atoms with Crippen molar-refractivity contribution in [2.75, 3.05) is 6.54 Å². The quantitative estimate of drug-likeness (QED) is 0.836. The Kier molecular flexibility index (Phi) is 3.48. The van der Waals surface area contributed by atoms with Crippen molar-refractivity contribution in [3.05, 3.63) is 65.5 Å². The molecular weight excluding hydrogens is 256 g/mol. The van der Waals surface area contributed by atoms with Gasteiger partial charge in [0, 0.05) is 31.5 Å². The predicted molar refractivity (Wildman–Crippen MR) is 85.0 cm³/mol. The Morgan fingerprint density at radius 3 is 2.67 bits per heavy atom. The van der Waals surface area contributed by atoms with Crippen molar-refractivity contribution >= 4 is 0 Å². The standard InChI is InChI=1S/C19H22N2/c1-2-6-18-11-19-8-7-15(10-17(18)5-1)13-21(19)14-16-4-3-9-20-12-16/h1-6,9,12,15,19H,7-8,10-11,13-14H2/t15-,19+/m0/s1. The minimum atomic E-state index is 0.697. The van der Waals surface area contributed by atoms with Gasteiger partial charge in [-0.25, -0.2) is 0 Å². The van der Waals surface area contributed by atoms with Crippen molar-refractivity contribution in [3.63, 3.8) is 0 Å². The van der Waals surface area contributed by atoms with Crippen LogP contribution in [0.4, 0.5) is 0 Å². The normalized spacial score (nSPS) is 25.1. The summed E-state index contributed by atoms with van der Waals surface area (Å²) in [7, 11) is 0. The summed E-state index contributed by atoms with van der Waals surface area (Å²) in [5.41, 5.74) is 4.51. The first-order valence-corrected chi connectivity index (χ1v) is 8.08. The molecule has 1 fully saturated rings. The van der Waals surface area contributed by atoms with E-state index in [2.05, 4.69) is 40.2 Å². The lowest BCUT2D eigenvalue weighted by Crippen LogP contribution is -2.46. The average molecular weight is 278 g/mol. The summed E-state index contributed by atoms with van der Waals surface area (Å²) in [6.45, 7) is 2.30. The van der Waals surface area contributed by atoms with Gasteiger partial charge < -0.3 is 0 Å². The van der Waals surface area contributed by atoms with E-state index >= 15 is 0 Å². The molecule has 0 amide bonds. The van der Waals surface area contributed by atoms with Gasteiger partial charge in [0.15, 0.2) is 0 Å². The summed E-state index contributed by atoms with van der Waals surface area (Å²) >= 11 is 0. The van der Waals surface area contributed by atoms with E-state index in [1.165, 1.54) is 37.8 Å². The van der Waals surface area contributed by atoms with Crippen LogP contribution in [0.2, 0.25) is 0 Å². The second kappa shape index (κ2) is 5.61. The molecule has 21 heavy (non-hydrogen) atoms. The number of fused-ring (bicyclic) bond motifs is 2. The van der Waals surface area contributed by atoms with Gasteiger partial charge in [-0.05, 0) is 54.4 Å². The Labute approximate surface area is 126 Å². The molecule has 3 aliphatic rings. The molecule has 1 aromatic heterocycles. The van der Waals surface area contributed by atoms with E-state index in [0.717, 1.165) is 12.5 Å². The zero-order valence-corrected chi connectivity index (χ0v) is 12.4. The average Bonchev–Trinajstić information content (AvgIpc) is 2.49. The van der Waals surface area contributed by atoms with Gasteiger partial charge in [-0.1, -0.05) is 30.3 Å². The van der Waals surface area contributed by atoms with Crippen molar-refractivity contribution in [2.45, 2.75) is 38.3 Å². The fraction of sp³-hybridized carbons (Fsp3) is 0.421. The van der Waals surface area contributed by atoms with Gasteiger partial charge in [-0.15, -0.1) is 0 Å². The number of hydrogen-bond acceptors (Lipinski definition) is 2. The molecule has 3 heterocycles. The molecule has 2 heteroatoms. The Morgan fingerprint density at radius 2 is 1.86 bits per heavy atom. The molecule has 2 nitrogen and oxygen atoms in total. The number of aromatic nitrogens is 1. The lowest BCUT2D eigenvalue weighted by Gasteiger charge is -2.42. The summed E-state index contributed by atoms with van der Waals surface area (Å²) in [4.78, 5) is 6.96. The smallest absolute Gasteiger partial charge is 0.0312 e. The second-order valence-corrected chi connectivity index (χ2v) is 6.56. The summed E-state index contributed by atoms with van der Waals surface area (Å²) in [5, 5.41) is 0. The van der Waals surface area contributed by atoms with Gasteiger partial charge >= 0.3 is 0 Å². The summed E-state index contributed by atoms with van der Waals surface area (Å²) in [6.07, 6.45) is 9.08. The van der Waals surface area contributed by atoms with Crippen LogP contribution in [-0.4, -0.2) is 22.5 Å². The lowest BCUT2D eigenvalue weighted by atomic mass is 9.80. The van der Waals surface area contributed by atoms with Crippen LogP contribution in [0.3, 0.4) is 0 Å². The Hall–Kier alpha value is -1.67. The maximum absolute atomic E-state index is 4.26. The highest BCUT2D eigenvalue weighted by atomic mass is 15.2. The van der Waals surface area contributed by atoms with Crippen molar-refractivity contribution in [3.8, 4) is 0 Å². The summed E-state index contributed by atoms with van der Waals surface area (Å²) in [6, 6.07) is 14.0. The van der Waals surface area contributed by atoms with Crippen molar-refractivity contribution < 1.29 is 0 Å². The topological polar surface area (TPSA) is 16.1 Å². The van der Waals surface area contributed by atoms with E-state index in [9.17, 15) is 0 Å². The van der Waals surface area contributed by atoms with Crippen molar-refractivity contribution in [1.29, 1.82) is 0 Å². The second-order valence-electron chi connectivity index (χ2n) is 6.56. The van der Waals surface area contributed by atoms with Crippen LogP contribution >= 0.6 is 0 Å². The third kappa shape index (κ3) is 2.73. The molecule has 2 aromatic rings. The summed E-state index contributed by atoms with van der Waals surface area (Å²) < 4.78 is 0. The SMILES string of the molecule is c1cncc(CN2C[C@H]3CC[C@@H]2Cc2ccccc2C3)c1. The molecule has 108 valence electrons. The Balaban J connectivity index is 1.59. The summed E-state index contributed by atoms with van der Waals surface area (Å²) in [5.74, 6) is 0.819. The minimum Gasteiger partial charge on any atom is -0.295 e. The van der Waals surface area contributed by atoms with Gasteiger partial charge in [0.05, 0.1) is 0 Å². The first-order valence-electron chi connectivity index (χ1n) is 8.08. The van der Waals surface area contributed by atoms with Gasteiger partial charge in [0.2, 0.25) is 0 Å². The maximum atomic E-state index is 4.26. The van der Waals surface area contributed by atoms with Crippen molar-refractivity contribution in [2.24, 2.45) is 5.92 Å². The molecule has 1 saturated heterocycles. The third-order valence-corrected chi connectivity index (χ3v) is 5.11. The molecule has 0 spiro atoms. The zero-order valence-electron chi connectivity index (χ0n) is 12.4. The molecule has 5 rings (SSSR count). The van der Waals surface area contributed by atoms with E-state index in [-0.39, 0.29) is 0 Å². The number of piperidine rings is 1. The zero-order chi connectivity index (χ0) is 14.1. The van der Waals surface area contributed by atoms with E-state index in [0.29, 0.717) is 6.04 Å². The molecule has 1 aliphatic carbocycles. The van der Waals surface area contributed by atoms with E-state index in [1.54, 1.807) is 11.1 Å². The number of benzene rings is 1. The Morgan fingerprint density at radius 1 is 1.00 bits per heavy atom. The largest absolute Gasteiger partial charge is 0.295 e. The van der Waals surface area contributed by atoms with E-state index < -0.39 is 0 Å². The molecule has 2 aliphatic heterocycles. The number of rotatable bonds is 2. The molecule has 0 saturated carbocycles. The Bertz CT molecular complexity index is 608. The number of nitrogens with zero attached hydrogens (tertiary/aromatic N) is 2. The van der Waals surface area contributed by atoms with Crippen LogP contribution in [-0.2, 0) is 19.4 Å². The monoisotopic (exact) mass is 278 g/mol. The predicted octanol–water partition coefficient (Wildman–Crippen LogP) is 3.46. The molecule has 0 unspecified atom stereocenters. The molecule has 2 atom stereocenters. The lowest BCUT2D eigenvalue weighted by molar-refractivity contribution is 0.0937. The van der Waals surface area contributed by atoms with Gasteiger partial charge in [-0.2, -0.15) is 0 Å². The van der Waals surface area contributed by atoms with Crippen molar-refractivity contribution in [1.82, 2.24) is 9.88 Å². The van der Waals surface area contributed by atoms with Gasteiger partial charge in [0.25, 0.3) is 0 Å². The van der Waals surface area contributed by atoms with Crippen LogP contribution < -0.4 is 0 Å². The first-order chi connectivity index (χ1) is 10.4. The fourth-order valence-electron chi connectivity index (χ4n) is 4.02. The minimum absolute atomic E-state index is 0.697. The molecule has 0 N–H and O–H groups in total. The fourth-order valence-corrected chi connectivity index (χ4v) is 4.02. The molecule has 0 radical (unpaired) electrons. The van der Waals surface area contributed by atoms with Gasteiger partial charge in [0.1, 0.15) is 0 Å². The maximum Gasteiger partial charge on any atom is 0.0312 e. The molecular formula is C19H22N2. The molecule has 1 aromatic carbocycles. The number of pyridine rings is 1. The number of hydrogen-bond donors (Lipinski definition) is 0. The van der Waals surface area contributed by atoms with Gasteiger partial charge in [-0.3, -0.25) is 9.88 Å². The highest BCUT2D eigenvalue weighted by Gasteiger charge is 2.31. The molecule has 2 bridgehead atoms. The van der Waals surface area contributed by atoms with Crippen LogP contribution in [0.5, 0.6) is 0 Å². The van der Waals surface area contributed by atoms with Crippen LogP contribution in [0.25, 0.3) is 0 Å². The van der Waals surface area contributed by atoms with E-state index in [4.69, 9.17) is 0 Å². The third-order valence-electron chi connectivity index (χ3n) is 5.11.